The van der Waals surface area contributed by atoms with E-state index in [2.05, 4.69) is 33.1 Å². The lowest BCUT2D eigenvalue weighted by Crippen LogP contribution is -2.44. The first kappa shape index (κ1) is 21.9. The van der Waals surface area contributed by atoms with Gasteiger partial charge in [0, 0.05) is 19.3 Å². The van der Waals surface area contributed by atoms with Gasteiger partial charge in [0.15, 0.2) is 5.17 Å². The zero-order valence-corrected chi connectivity index (χ0v) is 18.8. The Morgan fingerprint density at radius 1 is 1.16 bits per heavy atom. The van der Waals surface area contributed by atoms with Gasteiger partial charge in [-0.3, -0.25) is 4.79 Å². The summed E-state index contributed by atoms with van der Waals surface area (Å²) in [6.45, 7) is 2.08. The van der Waals surface area contributed by atoms with Crippen molar-refractivity contribution in [2.24, 2.45) is 4.99 Å². The molecule has 6 radical (unpaired) electrons. The number of hydrogen-bond donors (Lipinski definition) is 0. The van der Waals surface area contributed by atoms with Crippen LogP contribution in [0, 0.1) is 0 Å². The van der Waals surface area contributed by atoms with E-state index in [1.807, 2.05) is 6.07 Å². The quantitative estimate of drug-likeness (QED) is 0.396. The summed E-state index contributed by atoms with van der Waals surface area (Å²) in [4.78, 5) is 23.6. The zero-order chi connectivity index (χ0) is 22.5. The number of halogens is 1. The molecule has 1 saturated heterocycles. The Hall–Kier alpha value is -1.96. The van der Waals surface area contributed by atoms with Gasteiger partial charge in [0.1, 0.15) is 5.15 Å². The number of allylic oxidation sites excluding steroid dienone is 1. The van der Waals surface area contributed by atoms with Gasteiger partial charge < -0.3 is 9.64 Å². The number of hydrogen-bond acceptors (Lipinski definition) is 5. The van der Waals surface area contributed by atoms with Gasteiger partial charge in [-0.15, -0.1) is 5.11 Å². The molecule has 3 aliphatic rings. The topological polar surface area (TPSA) is 54.8 Å². The number of rotatable bonds is 2. The first-order valence-electron chi connectivity index (χ1n) is 10.3. The van der Waals surface area contributed by atoms with Crippen molar-refractivity contribution >= 4 is 63.5 Å². The maximum Gasteiger partial charge on any atom is 0.286 e. The van der Waals surface area contributed by atoms with Crippen LogP contribution in [0.1, 0.15) is 29.5 Å². The monoisotopic (exact) mass is 455 g/mol. The van der Waals surface area contributed by atoms with Gasteiger partial charge in [-0.1, -0.05) is 41.9 Å². The fourth-order valence-electron chi connectivity index (χ4n) is 4.55. The van der Waals surface area contributed by atoms with Gasteiger partial charge in [0.05, 0.1) is 40.7 Å². The molecule has 0 atom stereocenters. The zero-order valence-electron chi connectivity index (χ0n) is 17.3. The van der Waals surface area contributed by atoms with Crippen LogP contribution in [0.5, 0.6) is 0 Å². The first-order valence-corrected chi connectivity index (χ1v) is 11.5. The maximum absolute atomic E-state index is 12.8. The Balaban J connectivity index is 1.38. The summed E-state index contributed by atoms with van der Waals surface area (Å²) in [5.74, 6) is -0.413. The minimum Gasteiger partial charge on any atom is -0.365 e. The van der Waals surface area contributed by atoms with Crippen molar-refractivity contribution in [2.45, 2.75) is 30.2 Å². The van der Waals surface area contributed by atoms with Crippen LogP contribution < -0.4 is 0 Å². The summed E-state index contributed by atoms with van der Waals surface area (Å²) in [5.41, 5.74) is 3.08. The molecule has 32 heavy (non-hydrogen) atoms. The lowest BCUT2D eigenvalue weighted by molar-refractivity contribution is -0.113. The molecule has 3 aliphatic heterocycles. The van der Waals surface area contributed by atoms with Gasteiger partial charge in [0.25, 0.3) is 5.91 Å². The fourth-order valence-corrected chi connectivity index (χ4v) is 5.81. The Labute approximate surface area is 200 Å². The first-order chi connectivity index (χ1) is 15.3. The lowest BCUT2D eigenvalue weighted by Gasteiger charge is -2.39. The van der Waals surface area contributed by atoms with E-state index in [4.69, 9.17) is 39.9 Å². The molecule has 0 saturated carbocycles. The molecule has 0 N–H and O–H groups in total. The van der Waals surface area contributed by atoms with Crippen LogP contribution in [-0.4, -0.2) is 57.6 Å². The predicted octanol–water partition coefficient (Wildman–Crippen LogP) is 3.18. The average molecular weight is 455 g/mol. The third kappa shape index (κ3) is 3.84. The summed E-state index contributed by atoms with van der Waals surface area (Å²) in [7, 11) is 18.1. The summed E-state index contributed by atoms with van der Waals surface area (Å²) >= 11 is 7.13. The van der Waals surface area contributed by atoms with E-state index in [0.29, 0.717) is 27.4 Å². The molecule has 2 aromatic rings. The Morgan fingerprint density at radius 2 is 1.91 bits per heavy atom. The van der Waals surface area contributed by atoms with Crippen molar-refractivity contribution in [3.05, 3.63) is 69.3 Å². The molecule has 1 aromatic heterocycles. The number of amidine groups is 1. The fraction of sp³-hybridized carbons (Fsp3) is 0.318. The third-order valence-electron chi connectivity index (χ3n) is 6.11. The molecule has 1 fully saturated rings. The molecule has 1 amide bonds. The number of likely N-dealkylation sites (tertiary alicyclic amines) is 1. The van der Waals surface area contributed by atoms with Gasteiger partial charge in [-0.25, -0.2) is 4.98 Å². The highest BCUT2D eigenvalue weighted by molar-refractivity contribution is 8.18. The van der Waals surface area contributed by atoms with E-state index in [1.54, 1.807) is 12.1 Å². The highest BCUT2D eigenvalue weighted by Gasteiger charge is 2.44. The molecule has 0 bridgehead atoms. The normalized spacial score (nSPS) is 21.6. The Bertz CT molecular complexity index is 1140. The van der Waals surface area contributed by atoms with Crippen molar-refractivity contribution in [3.63, 3.8) is 0 Å². The van der Waals surface area contributed by atoms with E-state index >= 15 is 0 Å². The third-order valence-corrected chi connectivity index (χ3v) is 7.45. The van der Waals surface area contributed by atoms with Crippen LogP contribution in [0.4, 0.5) is 0 Å². The number of pyridine rings is 1. The molecule has 1 spiro atoms. The molecular formula is C22H17B3ClN3O2S. The molecule has 0 aliphatic carbocycles. The SMILES string of the molecule is [B]C([B])([B])/C(=C1\SC(N2CCC3(CC2)OCc2ccccc23)=NC1=O)c1ccc(Cl)nc1. The van der Waals surface area contributed by atoms with Gasteiger partial charge in [-0.2, -0.15) is 4.99 Å². The number of carbonyl (C=O) groups excluding carboxylic acids is 1. The standard InChI is InChI=1S/C22H17B3ClN3O2S/c23-22(24,25)17(13-5-6-16(26)27-11-13)18-19(30)28-20(32-18)29-9-7-21(8-10-29)15-4-2-1-3-14(15)12-31-21/h1-6,11H,7-10,12H2/b18-17-. The number of nitrogens with zero attached hydrogens (tertiary/aromatic N) is 3. The Kier molecular flexibility index (Phi) is 5.55. The summed E-state index contributed by atoms with van der Waals surface area (Å²) in [6, 6.07) is 11.7. The predicted molar refractivity (Wildman–Crippen MR) is 130 cm³/mol. The second-order valence-electron chi connectivity index (χ2n) is 8.24. The van der Waals surface area contributed by atoms with E-state index < -0.39 is 11.0 Å². The molecular weight excluding hydrogens is 438 g/mol. The lowest BCUT2D eigenvalue weighted by atomic mass is 9.39. The van der Waals surface area contributed by atoms with Crippen LogP contribution in [0.25, 0.3) is 5.57 Å². The second-order valence-corrected chi connectivity index (χ2v) is 9.60. The maximum atomic E-state index is 12.8. The second kappa shape index (κ2) is 8.12. The van der Waals surface area contributed by atoms with Crippen molar-refractivity contribution in [1.29, 1.82) is 0 Å². The molecule has 154 valence electrons. The largest absolute Gasteiger partial charge is 0.365 e. The number of fused-ring (bicyclic) bond motifs is 2. The van der Waals surface area contributed by atoms with E-state index in [0.717, 1.165) is 25.9 Å². The summed E-state index contributed by atoms with van der Waals surface area (Å²) in [5, 5.41) is -0.809. The minimum absolute atomic E-state index is 0.263. The molecule has 0 unspecified atom stereocenters. The van der Waals surface area contributed by atoms with Gasteiger partial charge in [0.2, 0.25) is 0 Å². The van der Waals surface area contributed by atoms with Crippen LogP contribution in [0.2, 0.25) is 10.3 Å². The molecule has 1 aromatic carbocycles. The van der Waals surface area contributed by atoms with Crippen molar-refractivity contribution in [3.8, 4) is 0 Å². The van der Waals surface area contributed by atoms with E-state index in [1.165, 1.54) is 29.1 Å². The average Bonchev–Trinajstić information content (AvgIpc) is 3.31. The van der Waals surface area contributed by atoms with E-state index in [-0.39, 0.29) is 11.2 Å². The number of aliphatic imine (C=N–C) groups is 1. The highest BCUT2D eigenvalue weighted by atomic mass is 35.5. The minimum atomic E-state index is -1.74. The van der Waals surface area contributed by atoms with Gasteiger partial charge in [-0.05, 0) is 52.9 Å². The van der Waals surface area contributed by atoms with Crippen LogP contribution in [0.15, 0.2) is 52.5 Å². The highest BCUT2D eigenvalue weighted by Crippen LogP contribution is 2.46. The molecule has 5 rings (SSSR count). The number of carbonyl (C=O) groups is 1. The van der Waals surface area contributed by atoms with Crippen LogP contribution >= 0.6 is 23.4 Å². The van der Waals surface area contributed by atoms with E-state index in [9.17, 15) is 4.79 Å². The molecule has 4 heterocycles. The number of amides is 1. The van der Waals surface area contributed by atoms with Crippen molar-refractivity contribution < 1.29 is 9.53 Å². The molecule has 10 heteroatoms. The summed E-state index contributed by atoms with van der Waals surface area (Å²) in [6.07, 6.45) is 3.14. The number of ether oxygens (including phenoxy) is 1. The molecule has 5 nitrogen and oxygen atoms in total. The van der Waals surface area contributed by atoms with Crippen molar-refractivity contribution in [1.82, 2.24) is 9.88 Å². The van der Waals surface area contributed by atoms with Crippen LogP contribution in [0.3, 0.4) is 0 Å². The number of thioether (sulfide) groups is 1. The van der Waals surface area contributed by atoms with Crippen molar-refractivity contribution in [2.75, 3.05) is 13.1 Å². The Morgan fingerprint density at radius 3 is 2.59 bits per heavy atom. The number of piperidine rings is 1. The number of benzene rings is 1. The smallest absolute Gasteiger partial charge is 0.286 e. The number of aromatic nitrogens is 1. The van der Waals surface area contributed by atoms with Crippen LogP contribution in [-0.2, 0) is 21.7 Å². The summed E-state index contributed by atoms with van der Waals surface area (Å²) < 4.78 is 6.24. The van der Waals surface area contributed by atoms with Gasteiger partial charge >= 0.3 is 0 Å².